The van der Waals surface area contributed by atoms with Gasteiger partial charge in [0, 0.05) is 23.0 Å². The molecule has 29 heavy (non-hydrogen) atoms. The van der Waals surface area contributed by atoms with Crippen LogP contribution in [0.5, 0.6) is 0 Å². The lowest BCUT2D eigenvalue weighted by molar-refractivity contribution is 0.601. The standard InChI is InChI=1S/C18H18N6O2S3/c25-29(26,24-16-19-10-3-11-20-16)13-8-6-12(7-9-13)21-17(27)23-18-22-14-4-1-2-5-15(14)28-18/h3,6-11H,1-2,4-5H2,(H,19,20,24)(H2,21,22,23,27). The Morgan fingerprint density at radius 2 is 1.76 bits per heavy atom. The summed E-state index contributed by atoms with van der Waals surface area (Å²) in [4.78, 5) is 13.8. The first-order chi connectivity index (χ1) is 14.0. The molecule has 1 aliphatic rings. The van der Waals surface area contributed by atoms with Crippen molar-refractivity contribution in [3.8, 4) is 0 Å². The van der Waals surface area contributed by atoms with Gasteiger partial charge in [-0.2, -0.15) is 0 Å². The summed E-state index contributed by atoms with van der Waals surface area (Å²) in [5, 5.41) is 7.34. The second-order valence-corrected chi connectivity index (χ2v) is 9.55. The van der Waals surface area contributed by atoms with Gasteiger partial charge in [0.15, 0.2) is 10.2 Å². The maximum atomic E-state index is 12.4. The summed E-state index contributed by atoms with van der Waals surface area (Å²) in [6.45, 7) is 0. The van der Waals surface area contributed by atoms with E-state index in [-0.39, 0.29) is 10.8 Å². The molecule has 0 amide bonds. The molecule has 2 aromatic heterocycles. The number of benzene rings is 1. The Morgan fingerprint density at radius 1 is 1.03 bits per heavy atom. The third-order valence-corrected chi connectivity index (χ3v) is 6.90. The number of nitrogens with one attached hydrogen (secondary N) is 3. The zero-order valence-electron chi connectivity index (χ0n) is 15.3. The Kier molecular flexibility index (Phi) is 5.69. The van der Waals surface area contributed by atoms with Crippen molar-refractivity contribution in [2.75, 3.05) is 15.4 Å². The maximum Gasteiger partial charge on any atom is 0.264 e. The second kappa shape index (κ2) is 8.39. The van der Waals surface area contributed by atoms with E-state index in [9.17, 15) is 8.42 Å². The summed E-state index contributed by atoms with van der Waals surface area (Å²) in [6.07, 6.45) is 7.41. The third-order valence-electron chi connectivity index (χ3n) is 4.28. The van der Waals surface area contributed by atoms with Gasteiger partial charge in [-0.1, -0.05) is 0 Å². The minimum Gasteiger partial charge on any atom is -0.332 e. The third kappa shape index (κ3) is 4.86. The monoisotopic (exact) mass is 446 g/mol. The van der Waals surface area contributed by atoms with Gasteiger partial charge >= 0.3 is 0 Å². The number of fused-ring (bicyclic) bond motifs is 1. The van der Waals surface area contributed by atoms with Gasteiger partial charge in [0.2, 0.25) is 5.95 Å². The van der Waals surface area contributed by atoms with Crippen LogP contribution in [-0.4, -0.2) is 28.5 Å². The number of sulfonamides is 1. The minimum atomic E-state index is -3.77. The summed E-state index contributed by atoms with van der Waals surface area (Å²) in [5.41, 5.74) is 1.83. The Morgan fingerprint density at radius 3 is 2.48 bits per heavy atom. The van der Waals surface area contributed by atoms with Crippen LogP contribution in [0.3, 0.4) is 0 Å². The largest absolute Gasteiger partial charge is 0.332 e. The van der Waals surface area contributed by atoms with Gasteiger partial charge in [-0.25, -0.2) is 28.1 Å². The molecule has 1 aliphatic carbocycles. The van der Waals surface area contributed by atoms with Crippen molar-refractivity contribution in [2.45, 2.75) is 30.6 Å². The quantitative estimate of drug-likeness (QED) is 0.512. The van der Waals surface area contributed by atoms with E-state index in [1.165, 1.54) is 42.2 Å². The van der Waals surface area contributed by atoms with Crippen molar-refractivity contribution >= 4 is 55.5 Å². The molecule has 2 heterocycles. The second-order valence-electron chi connectivity index (χ2n) is 6.38. The molecule has 3 aromatic rings. The molecule has 0 radical (unpaired) electrons. The topological polar surface area (TPSA) is 109 Å². The van der Waals surface area contributed by atoms with Crippen LogP contribution in [0.25, 0.3) is 0 Å². The van der Waals surface area contributed by atoms with Crippen LogP contribution < -0.4 is 15.4 Å². The molecule has 0 aliphatic heterocycles. The van der Waals surface area contributed by atoms with E-state index >= 15 is 0 Å². The molecule has 11 heteroatoms. The molecule has 0 saturated heterocycles. The van der Waals surface area contributed by atoms with Crippen LogP contribution in [-0.2, 0) is 22.9 Å². The molecule has 0 fully saturated rings. The van der Waals surface area contributed by atoms with Crippen LogP contribution in [0.2, 0.25) is 0 Å². The Balaban J connectivity index is 1.38. The van der Waals surface area contributed by atoms with E-state index < -0.39 is 10.0 Å². The number of aromatic nitrogens is 3. The molecular formula is C18H18N6O2S3. The fraction of sp³-hybridized carbons (Fsp3) is 0.222. The number of anilines is 3. The number of rotatable bonds is 5. The van der Waals surface area contributed by atoms with Crippen molar-refractivity contribution in [1.29, 1.82) is 0 Å². The molecule has 0 spiro atoms. The van der Waals surface area contributed by atoms with Crippen LogP contribution in [0, 0.1) is 0 Å². The van der Waals surface area contributed by atoms with Gasteiger partial charge < -0.3 is 10.6 Å². The Labute approximate surface area is 177 Å². The van der Waals surface area contributed by atoms with Crippen molar-refractivity contribution in [3.05, 3.63) is 53.3 Å². The van der Waals surface area contributed by atoms with Crippen molar-refractivity contribution < 1.29 is 8.42 Å². The summed E-state index contributed by atoms with van der Waals surface area (Å²) in [5.74, 6) is 0.0197. The molecule has 0 atom stereocenters. The number of nitrogens with zero attached hydrogens (tertiary/aromatic N) is 3. The number of thiocarbonyl (C=S) groups is 1. The fourth-order valence-corrected chi connectivity index (χ4v) is 5.20. The summed E-state index contributed by atoms with van der Waals surface area (Å²) >= 11 is 6.98. The van der Waals surface area contributed by atoms with Gasteiger partial charge in [-0.15, -0.1) is 11.3 Å². The van der Waals surface area contributed by atoms with E-state index in [4.69, 9.17) is 12.2 Å². The van der Waals surface area contributed by atoms with Crippen LogP contribution in [0.15, 0.2) is 47.6 Å². The highest BCUT2D eigenvalue weighted by molar-refractivity contribution is 7.92. The number of hydrogen-bond donors (Lipinski definition) is 3. The highest BCUT2D eigenvalue weighted by atomic mass is 32.2. The average molecular weight is 447 g/mol. The van der Waals surface area contributed by atoms with Gasteiger partial charge in [-0.3, -0.25) is 0 Å². The number of thiazole rings is 1. The molecule has 3 N–H and O–H groups in total. The molecule has 4 rings (SSSR count). The first kappa shape index (κ1) is 19.7. The van der Waals surface area contributed by atoms with E-state index in [2.05, 4.69) is 30.3 Å². The van der Waals surface area contributed by atoms with Crippen LogP contribution in [0.1, 0.15) is 23.4 Å². The van der Waals surface area contributed by atoms with Gasteiger partial charge in [0.05, 0.1) is 10.6 Å². The zero-order valence-corrected chi connectivity index (χ0v) is 17.7. The fourth-order valence-electron chi connectivity index (χ4n) is 2.91. The molecule has 8 nitrogen and oxygen atoms in total. The zero-order chi connectivity index (χ0) is 20.3. The van der Waals surface area contributed by atoms with E-state index in [0.29, 0.717) is 10.8 Å². The van der Waals surface area contributed by atoms with Gasteiger partial charge in [-0.05, 0) is 68.2 Å². The smallest absolute Gasteiger partial charge is 0.264 e. The summed E-state index contributed by atoms with van der Waals surface area (Å²) < 4.78 is 27.2. The van der Waals surface area contributed by atoms with Crippen LogP contribution >= 0.6 is 23.6 Å². The van der Waals surface area contributed by atoms with Crippen molar-refractivity contribution in [1.82, 2.24) is 15.0 Å². The first-order valence-electron chi connectivity index (χ1n) is 8.96. The molecule has 150 valence electrons. The van der Waals surface area contributed by atoms with E-state index in [0.717, 1.165) is 23.7 Å². The maximum absolute atomic E-state index is 12.4. The molecule has 1 aromatic carbocycles. The summed E-state index contributed by atoms with van der Waals surface area (Å²) in [7, 11) is -3.77. The van der Waals surface area contributed by atoms with E-state index in [1.807, 2.05) is 0 Å². The number of hydrogen-bond acceptors (Lipinski definition) is 7. The Hall–Kier alpha value is -2.63. The molecular weight excluding hydrogens is 428 g/mol. The highest BCUT2D eigenvalue weighted by Gasteiger charge is 2.17. The van der Waals surface area contributed by atoms with Gasteiger partial charge in [0.25, 0.3) is 10.0 Å². The predicted molar refractivity (Wildman–Crippen MR) is 118 cm³/mol. The average Bonchev–Trinajstić information content (AvgIpc) is 3.11. The predicted octanol–water partition coefficient (Wildman–Crippen LogP) is 3.42. The Bertz CT molecular complexity index is 1090. The molecule has 0 bridgehead atoms. The van der Waals surface area contributed by atoms with Crippen molar-refractivity contribution in [3.63, 3.8) is 0 Å². The number of aryl methyl sites for hydroxylation is 2. The normalized spacial score (nSPS) is 13.4. The van der Waals surface area contributed by atoms with Gasteiger partial charge in [0.1, 0.15) is 0 Å². The van der Waals surface area contributed by atoms with Crippen molar-refractivity contribution in [2.24, 2.45) is 0 Å². The highest BCUT2D eigenvalue weighted by Crippen LogP contribution is 2.29. The molecule has 0 unspecified atom stereocenters. The van der Waals surface area contributed by atoms with E-state index in [1.54, 1.807) is 29.5 Å². The first-order valence-corrected chi connectivity index (χ1v) is 11.7. The minimum absolute atomic E-state index is 0.0197. The lowest BCUT2D eigenvalue weighted by Gasteiger charge is -2.10. The molecule has 0 saturated carbocycles. The summed E-state index contributed by atoms with van der Waals surface area (Å²) in [6, 6.07) is 7.86. The van der Waals surface area contributed by atoms with Crippen LogP contribution in [0.4, 0.5) is 16.8 Å². The lowest BCUT2D eigenvalue weighted by Crippen LogP contribution is -2.19. The SMILES string of the molecule is O=S(=O)(Nc1ncccn1)c1ccc(NC(=S)Nc2nc3c(s2)CCCC3)cc1. The lowest BCUT2D eigenvalue weighted by atomic mass is 10.0.